The predicted molar refractivity (Wildman–Crippen MR) is 63.7 cm³/mol. The molecule has 2 aromatic heterocycles. The Bertz CT molecular complexity index is 455. The van der Waals surface area contributed by atoms with E-state index in [-0.39, 0.29) is 0 Å². The molecule has 2 aromatic rings. The van der Waals surface area contributed by atoms with E-state index in [1.807, 2.05) is 5.38 Å². The van der Waals surface area contributed by atoms with Crippen molar-refractivity contribution >= 4 is 22.9 Å². The Balaban J connectivity index is 2.35. The molecule has 0 saturated carbocycles. The van der Waals surface area contributed by atoms with Crippen molar-refractivity contribution < 1.29 is 5.11 Å². The second-order valence-electron chi connectivity index (χ2n) is 3.37. The molecule has 0 saturated heterocycles. The number of aliphatic hydroxyl groups excluding tert-OH is 1. The van der Waals surface area contributed by atoms with Crippen molar-refractivity contribution in [3.63, 3.8) is 0 Å². The van der Waals surface area contributed by atoms with Crippen molar-refractivity contribution in [1.82, 2.24) is 14.8 Å². The minimum Gasteiger partial charge on any atom is -0.379 e. The molecule has 1 atom stereocenters. The van der Waals surface area contributed by atoms with Crippen LogP contribution in [0.15, 0.2) is 17.8 Å². The van der Waals surface area contributed by atoms with Gasteiger partial charge in [-0.2, -0.15) is 5.10 Å². The fourth-order valence-electron chi connectivity index (χ4n) is 1.52. The first-order valence-corrected chi connectivity index (χ1v) is 6.28. The van der Waals surface area contributed by atoms with Crippen molar-refractivity contribution in [2.45, 2.75) is 26.0 Å². The van der Waals surface area contributed by atoms with E-state index in [4.69, 9.17) is 11.6 Å². The first kappa shape index (κ1) is 11.6. The van der Waals surface area contributed by atoms with Crippen LogP contribution >= 0.6 is 22.9 Å². The van der Waals surface area contributed by atoms with Crippen molar-refractivity contribution in [1.29, 1.82) is 0 Å². The van der Waals surface area contributed by atoms with E-state index < -0.39 is 6.10 Å². The molecule has 4 nitrogen and oxygen atoms in total. The fourth-order valence-corrected chi connectivity index (χ4v) is 2.39. The molecule has 0 aromatic carbocycles. The van der Waals surface area contributed by atoms with Gasteiger partial charge in [0.2, 0.25) is 0 Å². The first-order valence-electron chi connectivity index (χ1n) is 5.02. The molecule has 6 heteroatoms. The van der Waals surface area contributed by atoms with Crippen LogP contribution in [0.5, 0.6) is 0 Å². The van der Waals surface area contributed by atoms with Crippen molar-refractivity contribution in [3.8, 4) is 0 Å². The summed E-state index contributed by atoms with van der Waals surface area (Å²) in [7, 11) is 0. The van der Waals surface area contributed by atoms with E-state index in [1.165, 1.54) is 11.3 Å². The highest BCUT2D eigenvalue weighted by Gasteiger charge is 2.21. The van der Waals surface area contributed by atoms with Gasteiger partial charge < -0.3 is 5.11 Å². The van der Waals surface area contributed by atoms with Crippen LogP contribution in [0, 0.1) is 0 Å². The summed E-state index contributed by atoms with van der Waals surface area (Å²) in [5.41, 5.74) is 0.624. The van der Waals surface area contributed by atoms with E-state index in [0.717, 1.165) is 13.0 Å². The van der Waals surface area contributed by atoms with Gasteiger partial charge in [0.25, 0.3) is 0 Å². The first-order chi connectivity index (χ1) is 7.74. The maximum absolute atomic E-state index is 10.2. The molecule has 0 aliphatic carbocycles. The van der Waals surface area contributed by atoms with Crippen LogP contribution in [0.25, 0.3) is 0 Å². The fraction of sp³-hybridized carbons (Fsp3) is 0.400. The molecule has 1 unspecified atom stereocenters. The highest BCUT2D eigenvalue weighted by Crippen LogP contribution is 2.29. The van der Waals surface area contributed by atoms with Gasteiger partial charge in [-0.25, -0.2) is 4.98 Å². The summed E-state index contributed by atoms with van der Waals surface area (Å²) in [6, 6.07) is 0. The number of hydrogen-bond acceptors (Lipinski definition) is 4. The molecule has 86 valence electrons. The van der Waals surface area contributed by atoms with E-state index in [1.54, 1.807) is 17.1 Å². The SMILES string of the molecule is CCCn1ncc(Cl)c1C(O)c1nccs1. The number of aliphatic hydroxyl groups is 1. The topological polar surface area (TPSA) is 50.9 Å². The van der Waals surface area contributed by atoms with Gasteiger partial charge in [-0.05, 0) is 6.42 Å². The second-order valence-corrected chi connectivity index (χ2v) is 4.71. The molecular weight excluding hydrogens is 246 g/mol. The summed E-state index contributed by atoms with van der Waals surface area (Å²) < 4.78 is 1.73. The average Bonchev–Trinajstić information content (AvgIpc) is 2.88. The smallest absolute Gasteiger partial charge is 0.148 e. The Morgan fingerprint density at radius 2 is 2.44 bits per heavy atom. The van der Waals surface area contributed by atoms with Gasteiger partial charge >= 0.3 is 0 Å². The monoisotopic (exact) mass is 257 g/mol. The van der Waals surface area contributed by atoms with Crippen LogP contribution in [-0.2, 0) is 6.54 Å². The number of aromatic nitrogens is 3. The lowest BCUT2D eigenvalue weighted by Crippen LogP contribution is -2.10. The van der Waals surface area contributed by atoms with Crippen LogP contribution in [0.2, 0.25) is 5.02 Å². The molecule has 0 aliphatic rings. The molecule has 0 amide bonds. The van der Waals surface area contributed by atoms with E-state index in [9.17, 15) is 5.11 Å². The highest BCUT2D eigenvalue weighted by atomic mass is 35.5. The molecule has 0 radical (unpaired) electrons. The minimum absolute atomic E-state index is 0.483. The van der Waals surface area contributed by atoms with Crippen LogP contribution in [0.3, 0.4) is 0 Å². The molecule has 2 heterocycles. The number of rotatable bonds is 4. The lowest BCUT2D eigenvalue weighted by atomic mass is 10.2. The third kappa shape index (κ3) is 2.11. The Morgan fingerprint density at radius 1 is 1.62 bits per heavy atom. The van der Waals surface area contributed by atoms with E-state index in [0.29, 0.717) is 15.7 Å². The zero-order valence-electron chi connectivity index (χ0n) is 8.80. The average molecular weight is 258 g/mol. The molecule has 0 fully saturated rings. The number of aryl methyl sites for hydroxylation is 1. The third-order valence-corrected chi connectivity index (χ3v) is 3.33. The van der Waals surface area contributed by atoms with Crippen LogP contribution in [-0.4, -0.2) is 19.9 Å². The maximum Gasteiger partial charge on any atom is 0.148 e. The Hall–Kier alpha value is -0.910. The summed E-state index contributed by atoms with van der Waals surface area (Å²) >= 11 is 7.43. The van der Waals surface area contributed by atoms with Crippen LogP contribution in [0.1, 0.15) is 30.2 Å². The largest absolute Gasteiger partial charge is 0.379 e. The van der Waals surface area contributed by atoms with Gasteiger partial charge in [0.1, 0.15) is 11.1 Å². The summed E-state index contributed by atoms with van der Waals surface area (Å²) in [6.45, 7) is 2.79. The molecule has 0 bridgehead atoms. The maximum atomic E-state index is 10.2. The summed E-state index contributed by atoms with van der Waals surface area (Å²) in [6.07, 6.45) is 3.37. The van der Waals surface area contributed by atoms with Crippen molar-refractivity contribution in [2.24, 2.45) is 0 Å². The highest BCUT2D eigenvalue weighted by molar-refractivity contribution is 7.09. The molecule has 16 heavy (non-hydrogen) atoms. The quantitative estimate of drug-likeness (QED) is 0.916. The van der Waals surface area contributed by atoms with Crippen LogP contribution < -0.4 is 0 Å². The lowest BCUT2D eigenvalue weighted by molar-refractivity contribution is 0.207. The second kappa shape index (κ2) is 4.95. The Morgan fingerprint density at radius 3 is 3.06 bits per heavy atom. The molecule has 2 rings (SSSR count). The molecule has 0 aliphatic heterocycles. The number of thiazole rings is 1. The molecule has 0 spiro atoms. The number of hydrogen-bond donors (Lipinski definition) is 1. The standard InChI is InChI=1S/C10H12ClN3OS/c1-2-4-14-8(7(11)6-13-14)9(15)10-12-3-5-16-10/h3,5-6,9,15H,2,4H2,1H3. The minimum atomic E-state index is -0.790. The lowest BCUT2D eigenvalue weighted by Gasteiger charge is -2.11. The Kier molecular flexibility index (Phi) is 3.58. The molecular formula is C10H12ClN3OS. The van der Waals surface area contributed by atoms with Crippen molar-refractivity contribution in [2.75, 3.05) is 0 Å². The summed E-state index contributed by atoms with van der Waals surface area (Å²) in [5.74, 6) is 0. The van der Waals surface area contributed by atoms with Gasteiger partial charge in [0, 0.05) is 18.1 Å². The Labute approximate surface area is 103 Å². The van der Waals surface area contributed by atoms with Gasteiger partial charge in [-0.3, -0.25) is 4.68 Å². The van der Waals surface area contributed by atoms with E-state index >= 15 is 0 Å². The predicted octanol–water partition coefficient (Wildman–Crippen LogP) is 2.48. The molecule has 1 N–H and O–H groups in total. The van der Waals surface area contributed by atoms with Gasteiger partial charge in [0.05, 0.1) is 16.9 Å². The van der Waals surface area contributed by atoms with Crippen LogP contribution in [0.4, 0.5) is 0 Å². The summed E-state index contributed by atoms with van der Waals surface area (Å²) in [4.78, 5) is 4.08. The van der Waals surface area contributed by atoms with Gasteiger partial charge in [-0.15, -0.1) is 11.3 Å². The summed E-state index contributed by atoms with van der Waals surface area (Å²) in [5, 5.41) is 17.2. The number of halogens is 1. The zero-order chi connectivity index (χ0) is 11.5. The normalized spacial score (nSPS) is 12.9. The van der Waals surface area contributed by atoms with Gasteiger partial charge in [-0.1, -0.05) is 18.5 Å². The third-order valence-electron chi connectivity index (χ3n) is 2.21. The number of nitrogens with zero attached hydrogens (tertiary/aromatic N) is 3. The van der Waals surface area contributed by atoms with E-state index in [2.05, 4.69) is 17.0 Å². The van der Waals surface area contributed by atoms with Gasteiger partial charge in [0.15, 0.2) is 0 Å². The van der Waals surface area contributed by atoms with Crippen molar-refractivity contribution in [3.05, 3.63) is 33.5 Å². The zero-order valence-corrected chi connectivity index (χ0v) is 10.4.